The molecule has 0 saturated heterocycles. The Morgan fingerprint density at radius 3 is 2.71 bits per heavy atom. The molecule has 140 valence electrons. The number of rotatable bonds is 6. The minimum absolute atomic E-state index is 0.164. The molecule has 1 atom stereocenters. The number of fused-ring (bicyclic) bond motifs is 1. The largest absolute Gasteiger partial charge is 0.350 e. The van der Waals surface area contributed by atoms with Gasteiger partial charge in [-0.2, -0.15) is 0 Å². The van der Waals surface area contributed by atoms with Crippen molar-refractivity contribution in [3.05, 3.63) is 78.1 Å². The number of nitrogens with zero attached hydrogens (tertiary/aromatic N) is 3. The molecule has 0 aliphatic carbocycles. The predicted molar refractivity (Wildman–Crippen MR) is 99.1 cm³/mol. The summed E-state index contributed by atoms with van der Waals surface area (Å²) >= 11 is 0. The number of aromatic nitrogens is 4. The number of H-pyrrole nitrogens is 1. The van der Waals surface area contributed by atoms with Gasteiger partial charge < -0.3 is 10.3 Å². The fraction of sp³-hybridized carbons (Fsp3) is 0.100. The van der Waals surface area contributed by atoms with Gasteiger partial charge in [-0.05, 0) is 36.2 Å². The summed E-state index contributed by atoms with van der Waals surface area (Å²) < 4.78 is 27.1. The first-order valence-corrected chi connectivity index (χ1v) is 8.52. The number of amides is 1. The van der Waals surface area contributed by atoms with Crippen LogP contribution in [0.1, 0.15) is 17.3 Å². The molecule has 4 rings (SSSR count). The summed E-state index contributed by atoms with van der Waals surface area (Å²) in [6.45, 7) is 0. The van der Waals surface area contributed by atoms with Crippen LogP contribution in [0.25, 0.3) is 22.2 Å². The van der Waals surface area contributed by atoms with Crippen molar-refractivity contribution < 1.29 is 13.6 Å². The normalized spacial score (nSPS) is 12.1. The van der Waals surface area contributed by atoms with Crippen molar-refractivity contribution in [2.24, 2.45) is 0 Å². The van der Waals surface area contributed by atoms with Gasteiger partial charge in [-0.25, -0.2) is 23.7 Å². The van der Waals surface area contributed by atoms with Gasteiger partial charge in [0.15, 0.2) is 0 Å². The number of hydrogen-bond acceptors (Lipinski definition) is 4. The van der Waals surface area contributed by atoms with Crippen LogP contribution < -0.4 is 5.32 Å². The summed E-state index contributed by atoms with van der Waals surface area (Å²) in [4.78, 5) is 27.0. The topological polar surface area (TPSA) is 83.6 Å². The maximum Gasteiger partial charge on any atom is 0.207 e. The lowest BCUT2D eigenvalue weighted by molar-refractivity contribution is -0.110. The fourth-order valence-corrected chi connectivity index (χ4v) is 3.21. The van der Waals surface area contributed by atoms with Crippen molar-refractivity contribution in [1.29, 1.82) is 0 Å². The zero-order valence-electron chi connectivity index (χ0n) is 14.6. The number of benzene rings is 1. The Balaban J connectivity index is 1.75. The molecule has 3 heterocycles. The Labute approximate surface area is 158 Å². The van der Waals surface area contributed by atoms with Crippen molar-refractivity contribution in [1.82, 2.24) is 25.3 Å². The first-order valence-electron chi connectivity index (χ1n) is 8.52. The zero-order valence-corrected chi connectivity index (χ0v) is 14.6. The summed E-state index contributed by atoms with van der Waals surface area (Å²) in [5.41, 5.74) is 3.13. The molecule has 28 heavy (non-hydrogen) atoms. The Morgan fingerprint density at radius 2 is 1.93 bits per heavy atom. The Hall–Kier alpha value is -3.68. The van der Waals surface area contributed by atoms with E-state index in [1.807, 2.05) is 12.1 Å². The summed E-state index contributed by atoms with van der Waals surface area (Å²) in [5, 5.41) is 3.60. The fourth-order valence-electron chi connectivity index (χ4n) is 3.21. The lowest BCUT2D eigenvalue weighted by atomic mass is 9.97. The molecule has 0 bridgehead atoms. The highest BCUT2D eigenvalue weighted by atomic mass is 19.1. The average Bonchev–Trinajstić information content (AvgIpc) is 3.15. The first kappa shape index (κ1) is 17.7. The smallest absolute Gasteiger partial charge is 0.207 e. The Kier molecular flexibility index (Phi) is 4.76. The van der Waals surface area contributed by atoms with Crippen LogP contribution >= 0.6 is 0 Å². The number of pyridine rings is 1. The number of carbonyl (C=O) groups is 1. The van der Waals surface area contributed by atoms with Crippen LogP contribution in [-0.4, -0.2) is 26.3 Å². The second-order valence-electron chi connectivity index (χ2n) is 6.28. The molecule has 3 aromatic heterocycles. The molecule has 1 aromatic carbocycles. The van der Waals surface area contributed by atoms with Gasteiger partial charge in [0.05, 0.1) is 11.7 Å². The SMILES string of the molecule is O=CNC(Cc1cc(F)cc(F)c1)c1ncncc1-c1cnc2[nH]ccc2c1. The van der Waals surface area contributed by atoms with Crippen LogP contribution in [-0.2, 0) is 11.2 Å². The van der Waals surface area contributed by atoms with Gasteiger partial charge in [-0.3, -0.25) is 4.79 Å². The van der Waals surface area contributed by atoms with Gasteiger partial charge in [0.1, 0.15) is 23.6 Å². The molecule has 8 heteroatoms. The van der Waals surface area contributed by atoms with Gasteiger partial charge in [-0.1, -0.05) is 0 Å². The molecule has 4 aromatic rings. The standard InChI is InChI=1S/C20H15F2N5O/c21-15-3-12(4-16(22)7-15)5-18(27-11-28)19-17(9-23-10-26-19)14-6-13-1-2-24-20(13)25-8-14/h1-4,6-11,18H,5H2,(H,24,25)(H,27,28). The average molecular weight is 379 g/mol. The molecule has 1 unspecified atom stereocenters. The van der Waals surface area contributed by atoms with E-state index in [0.29, 0.717) is 23.2 Å². The maximum atomic E-state index is 13.6. The van der Waals surface area contributed by atoms with Crippen molar-refractivity contribution >= 4 is 17.4 Å². The van der Waals surface area contributed by atoms with E-state index in [1.54, 1.807) is 18.6 Å². The molecule has 2 N–H and O–H groups in total. The highest BCUT2D eigenvalue weighted by Gasteiger charge is 2.19. The molecule has 0 aliphatic heterocycles. The third kappa shape index (κ3) is 3.57. The quantitative estimate of drug-likeness (QED) is 0.504. The van der Waals surface area contributed by atoms with Crippen molar-refractivity contribution in [3.8, 4) is 11.1 Å². The van der Waals surface area contributed by atoms with Gasteiger partial charge in [0, 0.05) is 41.2 Å². The zero-order chi connectivity index (χ0) is 19.5. The molecule has 0 aliphatic rings. The van der Waals surface area contributed by atoms with Gasteiger partial charge in [0.2, 0.25) is 6.41 Å². The van der Waals surface area contributed by atoms with Crippen LogP contribution in [0.3, 0.4) is 0 Å². The minimum Gasteiger partial charge on any atom is -0.350 e. The second-order valence-corrected chi connectivity index (χ2v) is 6.28. The van der Waals surface area contributed by atoms with Crippen LogP contribution in [0.15, 0.2) is 55.2 Å². The van der Waals surface area contributed by atoms with E-state index in [1.165, 1.54) is 18.5 Å². The second kappa shape index (κ2) is 7.51. The molecule has 0 fully saturated rings. The molecule has 1 amide bonds. The van der Waals surface area contributed by atoms with E-state index >= 15 is 0 Å². The van der Waals surface area contributed by atoms with Gasteiger partial charge in [-0.15, -0.1) is 0 Å². The van der Waals surface area contributed by atoms with Crippen molar-refractivity contribution in [3.63, 3.8) is 0 Å². The summed E-state index contributed by atoms with van der Waals surface area (Å²) in [5.74, 6) is -1.35. The van der Waals surface area contributed by atoms with E-state index < -0.39 is 17.7 Å². The van der Waals surface area contributed by atoms with Gasteiger partial charge in [0.25, 0.3) is 0 Å². The maximum absolute atomic E-state index is 13.6. The number of hydrogen-bond donors (Lipinski definition) is 2. The third-order valence-corrected chi connectivity index (χ3v) is 4.42. The number of carbonyl (C=O) groups excluding carboxylic acids is 1. The van der Waals surface area contributed by atoms with E-state index in [4.69, 9.17) is 0 Å². The summed E-state index contributed by atoms with van der Waals surface area (Å²) in [6, 6.07) is 6.50. The predicted octanol–water partition coefficient (Wildman–Crippen LogP) is 3.33. The number of nitrogens with one attached hydrogen (secondary N) is 2. The highest BCUT2D eigenvalue weighted by Crippen LogP contribution is 2.29. The van der Waals surface area contributed by atoms with E-state index in [-0.39, 0.29) is 6.42 Å². The van der Waals surface area contributed by atoms with E-state index in [2.05, 4.69) is 25.3 Å². The van der Waals surface area contributed by atoms with Crippen molar-refractivity contribution in [2.75, 3.05) is 0 Å². The Morgan fingerprint density at radius 1 is 1.11 bits per heavy atom. The molecular weight excluding hydrogens is 364 g/mol. The minimum atomic E-state index is -0.676. The molecular formula is C20H15F2N5O. The first-order chi connectivity index (χ1) is 13.6. The van der Waals surface area contributed by atoms with E-state index in [0.717, 1.165) is 22.7 Å². The number of halogens is 2. The molecule has 6 nitrogen and oxygen atoms in total. The lowest BCUT2D eigenvalue weighted by Gasteiger charge is -2.19. The lowest BCUT2D eigenvalue weighted by Crippen LogP contribution is -2.23. The summed E-state index contributed by atoms with van der Waals surface area (Å²) in [7, 11) is 0. The molecule has 0 radical (unpaired) electrons. The summed E-state index contributed by atoms with van der Waals surface area (Å²) in [6.07, 6.45) is 7.17. The highest BCUT2D eigenvalue weighted by molar-refractivity contribution is 5.81. The van der Waals surface area contributed by atoms with Crippen LogP contribution in [0, 0.1) is 11.6 Å². The van der Waals surface area contributed by atoms with Gasteiger partial charge >= 0.3 is 0 Å². The van der Waals surface area contributed by atoms with Crippen molar-refractivity contribution in [2.45, 2.75) is 12.5 Å². The van der Waals surface area contributed by atoms with Crippen LogP contribution in [0.5, 0.6) is 0 Å². The van der Waals surface area contributed by atoms with Crippen LogP contribution in [0.2, 0.25) is 0 Å². The van der Waals surface area contributed by atoms with E-state index in [9.17, 15) is 13.6 Å². The number of aromatic amines is 1. The molecule has 0 spiro atoms. The Bertz CT molecular complexity index is 1120. The third-order valence-electron chi connectivity index (χ3n) is 4.42. The molecule has 0 saturated carbocycles. The monoisotopic (exact) mass is 379 g/mol. The van der Waals surface area contributed by atoms with Crippen LogP contribution in [0.4, 0.5) is 8.78 Å².